The third kappa shape index (κ3) is 20.9. The molecule has 0 saturated carbocycles. The average molecular weight is 761 g/mol. The molecule has 1 aliphatic rings. The number of aromatic amines is 1. The summed E-state index contributed by atoms with van der Waals surface area (Å²) < 4.78 is 6.56. The summed E-state index contributed by atoms with van der Waals surface area (Å²) >= 11 is 0. The van der Waals surface area contributed by atoms with Gasteiger partial charge in [-0.15, -0.1) is 0 Å². The van der Waals surface area contributed by atoms with Crippen LogP contribution >= 0.6 is 0 Å². The molecule has 2 atom stereocenters. The summed E-state index contributed by atoms with van der Waals surface area (Å²) in [6.45, 7) is 3.93. The summed E-state index contributed by atoms with van der Waals surface area (Å²) in [6.07, 6.45) is 6.23. The summed E-state index contributed by atoms with van der Waals surface area (Å²) in [5.74, 6) is 0.247. The Balaban J connectivity index is -0.000000336. The van der Waals surface area contributed by atoms with Crippen molar-refractivity contribution in [3.63, 3.8) is 0 Å². The second-order valence-corrected chi connectivity index (χ2v) is 9.71. The zero-order valence-corrected chi connectivity index (χ0v) is 31.1. The fraction of sp³-hybridized carbons (Fsp3) is 0.389. The lowest BCUT2D eigenvalue weighted by molar-refractivity contribution is -0.123. The molecule has 0 spiro atoms. The van der Waals surface area contributed by atoms with Crippen molar-refractivity contribution in [3.05, 3.63) is 96.1 Å². The van der Waals surface area contributed by atoms with E-state index in [1.807, 2.05) is 38.1 Å². The first-order valence-corrected chi connectivity index (χ1v) is 15.9. The number of nitrogens with two attached hydrogens (primary N) is 4. The maximum atomic E-state index is 11.9. The van der Waals surface area contributed by atoms with Crippen LogP contribution in [0, 0.1) is 13.8 Å². The number of aromatic nitrogens is 4. The van der Waals surface area contributed by atoms with Gasteiger partial charge in [0.2, 0.25) is 11.8 Å². The van der Waals surface area contributed by atoms with E-state index in [2.05, 4.69) is 59.2 Å². The maximum Gasteiger partial charge on any atom is 0.413 e. The molecule has 1 aliphatic heterocycles. The molecule has 18 heteroatoms. The van der Waals surface area contributed by atoms with Crippen LogP contribution in [0.25, 0.3) is 0 Å². The number of hydrogen-bond acceptors (Lipinski definition) is 12. The number of phenols is 1. The number of carbonyl (C=O) groups is 4. The van der Waals surface area contributed by atoms with Crippen LogP contribution in [0.2, 0.25) is 0 Å². The van der Waals surface area contributed by atoms with Gasteiger partial charge in [0.05, 0.1) is 6.33 Å². The molecule has 0 bridgehead atoms. The zero-order valence-electron chi connectivity index (χ0n) is 31.1. The quantitative estimate of drug-likeness (QED) is 0.134. The number of carbonyl (C=O) groups excluding carboxylic acids is 4. The van der Waals surface area contributed by atoms with E-state index in [1.54, 1.807) is 43.7 Å². The first-order valence-electron chi connectivity index (χ1n) is 15.9. The third-order valence-electron chi connectivity index (χ3n) is 6.31. The highest BCUT2D eigenvalue weighted by Crippen LogP contribution is 2.12. The second-order valence-electron chi connectivity index (χ2n) is 9.71. The van der Waals surface area contributed by atoms with Gasteiger partial charge in [-0.2, -0.15) is 0 Å². The minimum atomic E-state index is -0.747. The highest BCUT2D eigenvalue weighted by Gasteiger charge is 2.28. The fourth-order valence-electron chi connectivity index (χ4n) is 3.90. The van der Waals surface area contributed by atoms with Gasteiger partial charge >= 0.3 is 12.1 Å². The number of ether oxygens (including phenoxy) is 1. The van der Waals surface area contributed by atoms with Crippen LogP contribution in [-0.2, 0) is 22.4 Å². The van der Waals surface area contributed by atoms with Crippen LogP contribution in [0.5, 0.6) is 11.5 Å². The number of rotatable bonds is 6. The van der Waals surface area contributed by atoms with Gasteiger partial charge in [0.15, 0.2) is 0 Å². The van der Waals surface area contributed by atoms with Crippen LogP contribution in [0.1, 0.15) is 37.4 Å². The number of fused-ring (bicyclic) bond motifs is 1. The van der Waals surface area contributed by atoms with Crippen LogP contribution in [0.15, 0.2) is 73.6 Å². The van der Waals surface area contributed by atoms with E-state index >= 15 is 0 Å². The number of H-pyrrole nitrogens is 1. The Kier molecular flexibility index (Phi) is 33.6. The molecule has 0 unspecified atom stereocenters. The van der Waals surface area contributed by atoms with Crippen LogP contribution < -0.4 is 48.9 Å². The molecule has 18 nitrogen and oxygen atoms in total. The van der Waals surface area contributed by atoms with Crippen molar-refractivity contribution in [2.45, 2.75) is 53.6 Å². The molecule has 0 fully saturated rings. The Morgan fingerprint density at radius 1 is 0.870 bits per heavy atom. The molecular formula is C36H64N12O6. The molecule has 4 aromatic rings. The van der Waals surface area contributed by atoms with Crippen molar-refractivity contribution in [2.24, 2.45) is 22.9 Å². The highest BCUT2D eigenvalue weighted by atomic mass is 16.6. The molecule has 54 heavy (non-hydrogen) atoms. The van der Waals surface area contributed by atoms with Gasteiger partial charge in [0.25, 0.3) is 0 Å². The Bertz CT molecular complexity index is 1510. The molecule has 304 valence electrons. The Morgan fingerprint density at radius 2 is 1.41 bits per heavy atom. The van der Waals surface area contributed by atoms with E-state index in [1.165, 1.54) is 58.0 Å². The summed E-state index contributed by atoms with van der Waals surface area (Å²) in [4.78, 5) is 57.1. The third-order valence-corrected chi connectivity index (χ3v) is 6.31. The molecule has 14 N–H and O–H groups in total. The molecular weight excluding hydrogens is 696 g/mol. The monoisotopic (exact) mass is 761 g/mol. The van der Waals surface area contributed by atoms with E-state index in [-0.39, 0.29) is 32.7 Å². The Hall–Kier alpha value is -5.82. The highest BCUT2D eigenvalue weighted by molar-refractivity contribution is 5.89. The number of aryl methyl sites for hydroxylation is 2. The lowest BCUT2D eigenvalue weighted by Gasteiger charge is -2.22. The summed E-state index contributed by atoms with van der Waals surface area (Å²) in [5.41, 5.74) is 21.7. The molecule has 4 amide bonds. The minimum absolute atomic E-state index is 0. The molecule has 5 rings (SSSR count). The SMILES string of the molecule is C.C.CN.CN.CN.CN.CNC(=O)[C@@H]1Cc2cncn2C(=O)N1.CNC(=O)[C@H](Cc1cnc[nH]1)NC(=O)Oc1ccc(C)cc1.Cc1ccc(O)cc1. The van der Waals surface area contributed by atoms with Crippen LogP contribution in [-0.4, -0.2) is 103 Å². The average Bonchev–Trinajstić information content (AvgIpc) is 3.90. The van der Waals surface area contributed by atoms with Gasteiger partial charge in [0.1, 0.15) is 29.9 Å². The van der Waals surface area contributed by atoms with E-state index < -0.39 is 18.2 Å². The number of amides is 4. The van der Waals surface area contributed by atoms with Crippen molar-refractivity contribution < 1.29 is 29.0 Å². The summed E-state index contributed by atoms with van der Waals surface area (Å²) in [7, 11) is 9.05. The zero-order chi connectivity index (χ0) is 40.1. The molecule has 2 aromatic heterocycles. The summed E-state index contributed by atoms with van der Waals surface area (Å²) in [6, 6.07) is 12.6. The van der Waals surface area contributed by atoms with Crippen molar-refractivity contribution in [1.29, 1.82) is 0 Å². The number of phenolic OH excluding ortho intramolecular Hbond substituents is 1. The van der Waals surface area contributed by atoms with Gasteiger partial charge in [-0.25, -0.2) is 19.6 Å². The van der Waals surface area contributed by atoms with Crippen LogP contribution in [0.3, 0.4) is 0 Å². The predicted octanol–water partition coefficient (Wildman–Crippen LogP) is 1.55. The Morgan fingerprint density at radius 3 is 1.87 bits per heavy atom. The van der Waals surface area contributed by atoms with E-state index in [0.29, 0.717) is 24.3 Å². The first-order chi connectivity index (χ1) is 25.1. The number of nitrogens with zero attached hydrogens (tertiary/aromatic N) is 3. The Labute approximate surface area is 319 Å². The predicted molar refractivity (Wildman–Crippen MR) is 215 cm³/mol. The second kappa shape index (κ2) is 33.0. The van der Waals surface area contributed by atoms with Crippen molar-refractivity contribution in [3.8, 4) is 11.5 Å². The van der Waals surface area contributed by atoms with E-state index in [4.69, 9.17) is 9.84 Å². The lowest BCUT2D eigenvalue weighted by atomic mass is 10.1. The summed E-state index contributed by atoms with van der Waals surface area (Å²) in [5, 5.41) is 18.9. The number of aromatic hydroxyl groups is 1. The fourth-order valence-corrected chi connectivity index (χ4v) is 3.90. The number of likely N-dealkylation sites (N-methyl/N-ethyl adjacent to an activating group) is 2. The smallest absolute Gasteiger partial charge is 0.413 e. The van der Waals surface area contributed by atoms with Gasteiger partial charge in [-0.1, -0.05) is 50.2 Å². The van der Waals surface area contributed by atoms with Gasteiger partial charge in [0, 0.05) is 50.7 Å². The molecule has 0 radical (unpaired) electrons. The number of imidazole rings is 2. The first kappa shape index (κ1) is 54.9. The van der Waals surface area contributed by atoms with Crippen molar-refractivity contribution in [2.75, 3.05) is 42.3 Å². The van der Waals surface area contributed by atoms with Crippen molar-refractivity contribution in [1.82, 2.24) is 40.8 Å². The van der Waals surface area contributed by atoms with E-state index in [9.17, 15) is 19.2 Å². The van der Waals surface area contributed by atoms with Gasteiger partial charge < -0.3 is 59.0 Å². The topological polar surface area (TPSA) is 296 Å². The molecule has 0 aliphatic carbocycles. The minimum Gasteiger partial charge on any atom is -0.508 e. The lowest BCUT2D eigenvalue weighted by Crippen LogP contribution is -2.51. The number of nitrogens with one attached hydrogen (secondary N) is 5. The largest absolute Gasteiger partial charge is 0.508 e. The number of hydrogen-bond donors (Lipinski definition) is 10. The molecule has 0 saturated heterocycles. The standard InChI is InChI=1S/C15H18N4O3.C8H10N4O2.C7H8O.4CH5N.2CH4/c1-10-3-5-12(6-4-10)22-15(21)19-13(14(20)16-2)7-11-8-17-9-18-11;1-9-7(13)6-2-5-3-10-4-12(5)8(14)11-6;1-6-2-4-7(8)5-3-6;4*1-2;;/h3-6,8-9,13H,7H2,1-2H3,(H,16,20)(H,17,18)(H,19,21);3-4,6H,2H2,1H3,(H,9,13)(H,11,14);2-5,8H,1H3;4*2H2,1H3;2*1H4/t13-;6-;;;;;;;/m00......./s1. The molecule has 2 aromatic carbocycles. The maximum absolute atomic E-state index is 11.9. The normalized spacial score (nSPS) is 11.6. The van der Waals surface area contributed by atoms with Crippen LogP contribution in [0.4, 0.5) is 9.59 Å². The van der Waals surface area contributed by atoms with Gasteiger partial charge in [-0.3, -0.25) is 14.2 Å². The van der Waals surface area contributed by atoms with Gasteiger partial charge in [-0.05, 0) is 66.3 Å². The van der Waals surface area contributed by atoms with Crippen molar-refractivity contribution >= 4 is 23.9 Å². The number of benzene rings is 2. The molecule has 3 heterocycles. The van der Waals surface area contributed by atoms with E-state index in [0.717, 1.165) is 17.0 Å².